The molecule has 0 fully saturated rings. The standard InChI is InChI=1S/C66H60BN3/c1-64(2,3)48-27-33-51(34-28-48)69-59-35-29-49(65(4,5)6)39-56(59)67-57-40-50(66(7,8)9)30-36-60(57)70(58-24-16-22-45-19-14-15-23-55(45)58)62-42-54(41-61(69)63(62)67)68(52-31-25-43-17-10-12-20-46(43)37-52)53-32-26-44-18-11-13-21-47(44)38-53/h10-42H,1-9H3. The minimum absolute atomic E-state index is 0.0117. The Hall–Kier alpha value is -7.56. The Morgan fingerprint density at radius 1 is 0.329 bits per heavy atom. The number of rotatable bonds is 5. The fourth-order valence-corrected chi connectivity index (χ4v) is 11.2. The highest BCUT2D eigenvalue weighted by Crippen LogP contribution is 2.50. The Labute approximate surface area is 414 Å². The predicted octanol–water partition coefficient (Wildman–Crippen LogP) is 16.6. The molecule has 4 heteroatoms. The molecular formula is C66H60BN3. The highest BCUT2D eigenvalue weighted by molar-refractivity contribution is 7.00. The Bertz CT molecular complexity index is 3610. The lowest BCUT2D eigenvalue weighted by molar-refractivity contribution is 0.590. The van der Waals surface area contributed by atoms with E-state index in [1.54, 1.807) is 0 Å². The van der Waals surface area contributed by atoms with Crippen LogP contribution in [0.1, 0.15) is 79.0 Å². The molecule has 0 N–H and O–H groups in total. The normalized spacial score (nSPS) is 13.4. The van der Waals surface area contributed by atoms with Crippen molar-refractivity contribution in [2.24, 2.45) is 0 Å². The molecule has 0 unspecified atom stereocenters. The van der Waals surface area contributed by atoms with E-state index in [1.807, 2.05) is 0 Å². The van der Waals surface area contributed by atoms with Crippen molar-refractivity contribution in [1.29, 1.82) is 0 Å². The molecule has 0 amide bonds. The summed E-state index contributed by atoms with van der Waals surface area (Å²) in [7, 11) is 0. The van der Waals surface area contributed by atoms with Crippen LogP contribution in [0.2, 0.25) is 0 Å². The van der Waals surface area contributed by atoms with E-state index < -0.39 is 0 Å². The Balaban J connectivity index is 1.23. The minimum atomic E-state index is -0.0575. The van der Waals surface area contributed by atoms with Gasteiger partial charge in [-0.25, -0.2) is 0 Å². The third kappa shape index (κ3) is 7.27. The zero-order valence-corrected chi connectivity index (χ0v) is 42.0. The first-order valence-corrected chi connectivity index (χ1v) is 25.0. The van der Waals surface area contributed by atoms with Gasteiger partial charge in [0.05, 0.1) is 11.4 Å². The molecule has 10 aromatic rings. The van der Waals surface area contributed by atoms with Crippen LogP contribution in [0, 0.1) is 0 Å². The van der Waals surface area contributed by atoms with Crippen LogP contribution in [-0.4, -0.2) is 6.71 Å². The van der Waals surface area contributed by atoms with Gasteiger partial charge in [0.2, 0.25) is 0 Å². The molecule has 2 aliphatic heterocycles. The lowest BCUT2D eigenvalue weighted by Gasteiger charge is -2.46. The van der Waals surface area contributed by atoms with E-state index in [0.717, 1.165) is 22.7 Å². The lowest BCUT2D eigenvalue weighted by atomic mass is 9.33. The number of fused-ring (bicyclic) bond motifs is 7. The van der Waals surface area contributed by atoms with Crippen LogP contribution < -0.4 is 31.1 Å². The van der Waals surface area contributed by atoms with Gasteiger partial charge < -0.3 is 14.7 Å². The number of hydrogen-bond donors (Lipinski definition) is 0. The van der Waals surface area contributed by atoms with Crippen LogP contribution in [0.5, 0.6) is 0 Å². The number of hydrogen-bond acceptors (Lipinski definition) is 3. The quantitative estimate of drug-likeness (QED) is 0.159. The summed E-state index contributed by atoms with van der Waals surface area (Å²) in [5, 5.41) is 7.28. The summed E-state index contributed by atoms with van der Waals surface area (Å²) in [6.07, 6.45) is 0. The van der Waals surface area contributed by atoms with E-state index in [4.69, 9.17) is 0 Å². The van der Waals surface area contributed by atoms with Crippen molar-refractivity contribution in [3.63, 3.8) is 0 Å². The Morgan fingerprint density at radius 3 is 1.33 bits per heavy atom. The van der Waals surface area contributed by atoms with Crippen molar-refractivity contribution in [2.75, 3.05) is 14.7 Å². The molecule has 2 aliphatic rings. The highest BCUT2D eigenvalue weighted by Gasteiger charge is 2.45. The molecule has 12 rings (SSSR count). The summed E-state index contributed by atoms with van der Waals surface area (Å²) >= 11 is 0. The summed E-state index contributed by atoms with van der Waals surface area (Å²) < 4.78 is 0. The molecule has 0 aromatic heterocycles. The Morgan fingerprint density at radius 2 is 0.786 bits per heavy atom. The zero-order valence-electron chi connectivity index (χ0n) is 42.0. The molecule has 0 saturated carbocycles. The van der Waals surface area contributed by atoms with Gasteiger partial charge in [-0.05, 0) is 143 Å². The van der Waals surface area contributed by atoms with Gasteiger partial charge in [0.25, 0.3) is 6.71 Å². The molecule has 70 heavy (non-hydrogen) atoms. The summed E-state index contributed by atoms with van der Waals surface area (Å²) in [5.74, 6) is 0. The smallest absolute Gasteiger partial charge is 0.252 e. The van der Waals surface area contributed by atoms with Crippen LogP contribution in [0.3, 0.4) is 0 Å². The first kappa shape index (κ1) is 43.7. The zero-order chi connectivity index (χ0) is 48.3. The monoisotopic (exact) mass is 905 g/mol. The van der Waals surface area contributed by atoms with Gasteiger partial charge in [0.15, 0.2) is 0 Å². The van der Waals surface area contributed by atoms with Gasteiger partial charge in [-0.3, -0.25) is 0 Å². The highest BCUT2D eigenvalue weighted by atomic mass is 15.2. The van der Waals surface area contributed by atoms with E-state index >= 15 is 0 Å². The van der Waals surface area contributed by atoms with E-state index in [2.05, 4.69) is 277 Å². The van der Waals surface area contributed by atoms with Gasteiger partial charge in [0, 0.05) is 45.2 Å². The van der Waals surface area contributed by atoms with Crippen LogP contribution in [0.4, 0.5) is 51.2 Å². The molecule has 10 aromatic carbocycles. The van der Waals surface area contributed by atoms with E-state index in [1.165, 1.54) is 93.8 Å². The van der Waals surface area contributed by atoms with Gasteiger partial charge in [-0.2, -0.15) is 0 Å². The van der Waals surface area contributed by atoms with Crippen LogP contribution in [0.25, 0.3) is 32.3 Å². The maximum absolute atomic E-state index is 2.60. The molecular weight excluding hydrogens is 846 g/mol. The van der Waals surface area contributed by atoms with Crippen molar-refractivity contribution in [3.8, 4) is 0 Å². The minimum Gasteiger partial charge on any atom is -0.311 e. The van der Waals surface area contributed by atoms with Crippen LogP contribution in [-0.2, 0) is 16.2 Å². The van der Waals surface area contributed by atoms with Gasteiger partial charge in [-0.15, -0.1) is 0 Å². The van der Waals surface area contributed by atoms with Gasteiger partial charge in [-0.1, -0.05) is 196 Å². The Kier molecular flexibility index (Phi) is 9.99. The van der Waals surface area contributed by atoms with Gasteiger partial charge >= 0.3 is 0 Å². The fourth-order valence-electron chi connectivity index (χ4n) is 11.2. The van der Waals surface area contributed by atoms with Crippen molar-refractivity contribution in [3.05, 3.63) is 217 Å². The molecule has 0 radical (unpaired) electrons. The van der Waals surface area contributed by atoms with E-state index in [-0.39, 0.29) is 23.0 Å². The molecule has 0 bridgehead atoms. The van der Waals surface area contributed by atoms with E-state index in [9.17, 15) is 0 Å². The first-order chi connectivity index (χ1) is 33.6. The molecule has 0 spiro atoms. The van der Waals surface area contributed by atoms with E-state index in [0.29, 0.717) is 0 Å². The number of nitrogens with zero attached hydrogens (tertiary/aromatic N) is 3. The molecule has 342 valence electrons. The molecule has 0 aliphatic carbocycles. The largest absolute Gasteiger partial charge is 0.311 e. The predicted molar refractivity (Wildman–Crippen MR) is 304 cm³/mol. The average molecular weight is 906 g/mol. The molecule has 0 atom stereocenters. The summed E-state index contributed by atoms with van der Waals surface area (Å²) in [6, 6.07) is 76.0. The van der Waals surface area contributed by atoms with Crippen molar-refractivity contribution in [2.45, 2.75) is 78.6 Å². The van der Waals surface area contributed by atoms with Crippen LogP contribution in [0.15, 0.2) is 200 Å². The number of benzene rings is 10. The first-order valence-electron chi connectivity index (χ1n) is 25.0. The second-order valence-corrected chi connectivity index (χ2v) is 22.7. The van der Waals surface area contributed by atoms with Crippen molar-refractivity contribution in [1.82, 2.24) is 0 Å². The van der Waals surface area contributed by atoms with Crippen molar-refractivity contribution >= 4 is 107 Å². The maximum atomic E-state index is 2.60. The van der Waals surface area contributed by atoms with Gasteiger partial charge in [0.1, 0.15) is 0 Å². The SMILES string of the molecule is CC(C)(C)c1ccc(N2c3ccc(C(C)(C)C)cc3B3c4cc(C(C)(C)C)ccc4N(c4cccc5ccccc45)c4cc(N(c5ccc6ccccc6c5)c5ccc6ccccc6c5)cc2c43)cc1. The summed E-state index contributed by atoms with van der Waals surface area (Å²) in [5.41, 5.74) is 18.2. The lowest BCUT2D eigenvalue weighted by Crippen LogP contribution is -2.61. The topological polar surface area (TPSA) is 9.72 Å². The maximum Gasteiger partial charge on any atom is 0.252 e. The fraction of sp³-hybridized carbons (Fsp3) is 0.182. The van der Waals surface area contributed by atoms with Crippen LogP contribution >= 0.6 is 0 Å². The second-order valence-electron chi connectivity index (χ2n) is 22.7. The molecule has 0 saturated heterocycles. The second kappa shape index (κ2) is 16.0. The third-order valence-electron chi connectivity index (χ3n) is 15.0. The molecule has 3 nitrogen and oxygen atoms in total. The van der Waals surface area contributed by atoms with Crippen molar-refractivity contribution < 1.29 is 0 Å². The number of anilines is 9. The third-order valence-corrected chi connectivity index (χ3v) is 15.0. The molecule has 2 heterocycles. The summed E-state index contributed by atoms with van der Waals surface area (Å²) in [6.45, 7) is 20.9. The average Bonchev–Trinajstić information content (AvgIpc) is 3.35. The summed E-state index contributed by atoms with van der Waals surface area (Å²) in [4.78, 5) is 7.66.